The topological polar surface area (TPSA) is 80.0 Å². The predicted octanol–water partition coefficient (Wildman–Crippen LogP) is 2.62. The molecule has 0 N–H and O–H groups in total. The SMILES string of the molecule is Cc1csc([C@@H](C#N)C(=O)COC(=O)c2ccc(F)cc2)n1. The third-order valence-electron chi connectivity index (χ3n) is 2.76. The van der Waals surface area contributed by atoms with Crippen LogP contribution in [-0.2, 0) is 9.53 Å². The van der Waals surface area contributed by atoms with Gasteiger partial charge in [0.2, 0.25) is 0 Å². The molecule has 0 unspecified atom stereocenters. The second-order valence-electron chi connectivity index (χ2n) is 4.44. The molecule has 1 aromatic heterocycles. The number of thiazole rings is 1. The molecule has 0 radical (unpaired) electrons. The Morgan fingerprint density at radius 1 is 1.41 bits per heavy atom. The van der Waals surface area contributed by atoms with Crippen LogP contribution in [0.4, 0.5) is 4.39 Å². The van der Waals surface area contributed by atoms with E-state index in [1.54, 1.807) is 12.3 Å². The number of hydrogen-bond acceptors (Lipinski definition) is 6. The standard InChI is InChI=1S/C15H11FN2O3S/c1-9-8-22-14(18-9)12(6-17)13(19)7-21-15(20)10-2-4-11(16)5-3-10/h2-5,8,12H,7H2,1H3/t12-/m0/s1. The highest BCUT2D eigenvalue weighted by Gasteiger charge is 2.24. The second kappa shape index (κ2) is 6.91. The van der Waals surface area contributed by atoms with Crippen LogP contribution in [0.1, 0.15) is 27.0 Å². The van der Waals surface area contributed by atoms with Gasteiger partial charge in [-0.1, -0.05) is 0 Å². The Morgan fingerprint density at radius 3 is 2.64 bits per heavy atom. The summed E-state index contributed by atoms with van der Waals surface area (Å²) >= 11 is 1.21. The number of benzene rings is 1. The summed E-state index contributed by atoms with van der Waals surface area (Å²) in [4.78, 5) is 27.8. The number of ether oxygens (including phenoxy) is 1. The van der Waals surface area contributed by atoms with Crippen molar-refractivity contribution in [1.82, 2.24) is 4.98 Å². The van der Waals surface area contributed by atoms with Crippen LogP contribution in [0.5, 0.6) is 0 Å². The van der Waals surface area contributed by atoms with E-state index >= 15 is 0 Å². The highest BCUT2D eigenvalue weighted by molar-refractivity contribution is 7.09. The fourth-order valence-corrected chi connectivity index (χ4v) is 2.52. The van der Waals surface area contributed by atoms with E-state index in [-0.39, 0.29) is 5.56 Å². The van der Waals surface area contributed by atoms with Gasteiger partial charge in [0.1, 0.15) is 10.8 Å². The van der Waals surface area contributed by atoms with Crippen molar-refractivity contribution < 1.29 is 18.7 Å². The maximum Gasteiger partial charge on any atom is 0.338 e. The number of ketones is 1. The number of hydrogen-bond donors (Lipinski definition) is 0. The van der Waals surface area contributed by atoms with Crippen LogP contribution in [0.2, 0.25) is 0 Å². The minimum atomic E-state index is -1.06. The summed E-state index contributed by atoms with van der Waals surface area (Å²) in [6.45, 7) is 1.22. The van der Waals surface area contributed by atoms with Gasteiger partial charge in [0.05, 0.1) is 11.6 Å². The van der Waals surface area contributed by atoms with E-state index in [1.807, 2.05) is 6.07 Å². The van der Waals surface area contributed by atoms with Crippen LogP contribution >= 0.6 is 11.3 Å². The van der Waals surface area contributed by atoms with Crippen LogP contribution in [0.25, 0.3) is 0 Å². The number of nitriles is 1. The number of halogens is 1. The Labute approximate surface area is 130 Å². The zero-order chi connectivity index (χ0) is 16.1. The number of rotatable bonds is 5. The molecule has 0 aliphatic rings. The number of Topliss-reactive ketones (excluding diaryl/α,β-unsaturated/α-hetero) is 1. The van der Waals surface area contributed by atoms with Gasteiger partial charge in [-0.3, -0.25) is 4.79 Å². The van der Waals surface area contributed by atoms with Crippen LogP contribution in [0.15, 0.2) is 29.6 Å². The summed E-state index contributed by atoms with van der Waals surface area (Å²) in [5.41, 5.74) is 0.851. The lowest BCUT2D eigenvalue weighted by Crippen LogP contribution is -2.20. The molecule has 0 fully saturated rings. The van der Waals surface area contributed by atoms with Gasteiger partial charge in [0, 0.05) is 11.1 Å². The van der Waals surface area contributed by atoms with Gasteiger partial charge in [-0.25, -0.2) is 14.2 Å². The Bertz CT molecular complexity index is 734. The number of aryl methyl sites for hydroxylation is 1. The number of nitrogens with zero attached hydrogens (tertiary/aromatic N) is 2. The van der Waals surface area contributed by atoms with E-state index in [9.17, 15) is 14.0 Å². The molecule has 2 aromatic rings. The fourth-order valence-electron chi connectivity index (χ4n) is 1.66. The van der Waals surface area contributed by atoms with Crippen LogP contribution in [0.3, 0.4) is 0 Å². The summed E-state index contributed by atoms with van der Waals surface area (Å²) in [7, 11) is 0. The molecule has 0 aliphatic carbocycles. The van der Waals surface area contributed by atoms with Crippen molar-refractivity contribution in [3.63, 3.8) is 0 Å². The third-order valence-corrected chi connectivity index (χ3v) is 3.79. The summed E-state index contributed by atoms with van der Waals surface area (Å²) in [6.07, 6.45) is 0. The number of esters is 1. The van der Waals surface area contributed by atoms with Crippen molar-refractivity contribution in [1.29, 1.82) is 5.26 Å². The number of carbonyl (C=O) groups excluding carboxylic acids is 2. The minimum Gasteiger partial charge on any atom is -0.454 e. The zero-order valence-corrected chi connectivity index (χ0v) is 12.4. The Hall–Kier alpha value is -2.59. The normalized spacial score (nSPS) is 11.5. The molecule has 0 aliphatic heterocycles. The fraction of sp³-hybridized carbons (Fsp3) is 0.200. The Kier molecular flexibility index (Phi) is 4.96. The average Bonchev–Trinajstić information content (AvgIpc) is 2.92. The first-order valence-corrected chi connectivity index (χ1v) is 7.16. The summed E-state index contributed by atoms with van der Waals surface area (Å²) in [5.74, 6) is -2.83. The molecule has 0 saturated carbocycles. The van der Waals surface area contributed by atoms with Crippen LogP contribution in [0, 0.1) is 24.1 Å². The maximum atomic E-state index is 12.8. The smallest absolute Gasteiger partial charge is 0.338 e. The molecule has 5 nitrogen and oxygen atoms in total. The summed E-state index contributed by atoms with van der Waals surface area (Å²) in [6, 6.07) is 6.62. The van der Waals surface area contributed by atoms with Crippen molar-refractivity contribution >= 4 is 23.1 Å². The molecular formula is C15H11FN2O3S. The van der Waals surface area contributed by atoms with E-state index in [0.29, 0.717) is 5.01 Å². The molecule has 112 valence electrons. The molecule has 7 heteroatoms. The molecule has 22 heavy (non-hydrogen) atoms. The monoisotopic (exact) mass is 318 g/mol. The van der Waals surface area contributed by atoms with Gasteiger partial charge in [0.15, 0.2) is 18.3 Å². The van der Waals surface area contributed by atoms with Crippen molar-refractivity contribution in [2.75, 3.05) is 6.61 Å². The predicted molar refractivity (Wildman–Crippen MR) is 76.9 cm³/mol. The minimum absolute atomic E-state index is 0.132. The van der Waals surface area contributed by atoms with Gasteiger partial charge in [-0.05, 0) is 31.2 Å². The molecule has 2 rings (SSSR count). The van der Waals surface area contributed by atoms with E-state index < -0.39 is 30.1 Å². The van der Waals surface area contributed by atoms with Gasteiger partial charge >= 0.3 is 5.97 Å². The molecule has 1 aromatic carbocycles. The quantitative estimate of drug-likeness (QED) is 0.792. The number of carbonyl (C=O) groups is 2. The molecule has 0 amide bonds. The van der Waals surface area contributed by atoms with Gasteiger partial charge in [-0.15, -0.1) is 11.3 Å². The summed E-state index contributed by atoms with van der Waals surface area (Å²) in [5, 5.41) is 11.2. The Morgan fingerprint density at radius 2 is 2.09 bits per heavy atom. The average molecular weight is 318 g/mol. The van der Waals surface area contributed by atoms with Crippen molar-refractivity contribution in [2.24, 2.45) is 0 Å². The van der Waals surface area contributed by atoms with Crippen LogP contribution in [-0.4, -0.2) is 23.3 Å². The third kappa shape index (κ3) is 3.74. The zero-order valence-electron chi connectivity index (χ0n) is 11.6. The summed E-state index contributed by atoms with van der Waals surface area (Å²) < 4.78 is 17.6. The van der Waals surface area contributed by atoms with Gasteiger partial charge < -0.3 is 4.74 Å². The lowest BCUT2D eigenvalue weighted by molar-refractivity contribution is -0.122. The van der Waals surface area contributed by atoms with Crippen molar-refractivity contribution in [2.45, 2.75) is 12.8 Å². The highest BCUT2D eigenvalue weighted by atomic mass is 32.1. The lowest BCUT2D eigenvalue weighted by Gasteiger charge is -2.06. The second-order valence-corrected chi connectivity index (χ2v) is 5.33. The largest absolute Gasteiger partial charge is 0.454 e. The van der Waals surface area contributed by atoms with Gasteiger partial charge in [0.25, 0.3) is 0 Å². The molecule has 0 saturated heterocycles. The van der Waals surface area contributed by atoms with Crippen molar-refractivity contribution in [3.8, 4) is 6.07 Å². The highest BCUT2D eigenvalue weighted by Crippen LogP contribution is 2.20. The van der Waals surface area contributed by atoms with E-state index in [4.69, 9.17) is 10.00 Å². The van der Waals surface area contributed by atoms with Gasteiger partial charge in [-0.2, -0.15) is 5.26 Å². The first kappa shape index (κ1) is 15.8. The molecule has 0 bridgehead atoms. The first-order chi connectivity index (χ1) is 10.5. The Balaban J connectivity index is 1.98. The molecular weight excluding hydrogens is 307 g/mol. The molecule has 1 heterocycles. The van der Waals surface area contributed by atoms with E-state index in [2.05, 4.69) is 4.98 Å². The lowest BCUT2D eigenvalue weighted by atomic mass is 10.1. The molecule has 1 atom stereocenters. The maximum absolute atomic E-state index is 12.8. The first-order valence-electron chi connectivity index (χ1n) is 6.28. The van der Waals surface area contributed by atoms with E-state index in [0.717, 1.165) is 17.8 Å². The van der Waals surface area contributed by atoms with E-state index in [1.165, 1.54) is 23.5 Å². The van der Waals surface area contributed by atoms with Crippen molar-refractivity contribution in [3.05, 3.63) is 51.7 Å². The van der Waals surface area contributed by atoms with Crippen LogP contribution < -0.4 is 0 Å². The molecule has 0 spiro atoms. The number of aromatic nitrogens is 1.